The van der Waals surface area contributed by atoms with Crippen LogP contribution in [0.4, 0.5) is 4.39 Å². The van der Waals surface area contributed by atoms with Crippen LogP contribution in [0, 0.1) is 5.82 Å². The van der Waals surface area contributed by atoms with E-state index in [4.69, 9.17) is 11.6 Å². The number of hydrogen-bond acceptors (Lipinski definition) is 2. The minimum atomic E-state index is -0.454. The Morgan fingerprint density at radius 3 is 2.65 bits per heavy atom. The lowest BCUT2D eigenvalue weighted by atomic mass is 10.2. The quantitative estimate of drug-likeness (QED) is 0.849. The highest BCUT2D eigenvalue weighted by molar-refractivity contribution is 8.00. The molecular formula is C15H13ClFNOS. The molecule has 0 unspecified atom stereocenters. The van der Waals surface area contributed by atoms with Gasteiger partial charge in [0, 0.05) is 11.4 Å². The van der Waals surface area contributed by atoms with Crippen molar-refractivity contribution < 1.29 is 9.18 Å². The Bertz CT molecular complexity index is 592. The van der Waals surface area contributed by atoms with Gasteiger partial charge in [-0.25, -0.2) is 4.39 Å². The average Bonchev–Trinajstić information content (AvgIpc) is 2.47. The largest absolute Gasteiger partial charge is 0.351 e. The molecule has 2 aromatic carbocycles. The molecule has 1 amide bonds. The van der Waals surface area contributed by atoms with Crippen LogP contribution in [-0.4, -0.2) is 11.7 Å². The van der Waals surface area contributed by atoms with Crippen LogP contribution in [0.5, 0.6) is 0 Å². The van der Waals surface area contributed by atoms with Gasteiger partial charge in [-0.05, 0) is 23.8 Å². The van der Waals surface area contributed by atoms with Crippen molar-refractivity contribution in [1.82, 2.24) is 5.32 Å². The third-order valence-electron chi connectivity index (χ3n) is 2.59. The van der Waals surface area contributed by atoms with Crippen LogP contribution in [0.1, 0.15) is 5.56 Å². The first-order valence-electron chi connectivity index (χ1n) is 6.03. The van der Waals surface area contributed by atoms with E-state index in [1.54, 1.807) is 6.07 Å². The van der Waals surface area contributed by atoms with Crippen LogP contribution in [0.15, 0.2) is 53.4 Å². The number of hydrogen-bond donors (Lipinski definition) is 1. The Morgan fingerprint density at radius 2 is 1.95 bits per heavy atom. The highest BCUT2D eigenvalue weighted by atomic mass is 35.5. The molecule has 0 saturated carbocycles. The molecule has 0 radical (unpaired) electrons. The van der Waals surface area contributed by atoms with Crippen LogP contribution in [0.25, 0.3) is 0 Å². The van der Waals surface area contributed by atoms with E-state index in [-0.39, 0.29) is 16.7 Å². The van der Waals surface area contributed by atoms with Crippen molar-refractivity contribution in [2.24, 2.45) is 0 Å². The fourth-order valence-corrected chi connectivity index (χ4v) is 2.57. The lowest BCUT2D eigenvalue weighted by Gasteiger charge is -2.05. The van der Waals surface area contributed by atoms with Gasteiger partial charge in [-0.15, -0.1) is 11.8 Å². The number of rotatable bonds is 5. The van der Waals surface area contributed by atoms with E-state index in [9.17, 15) is 9.18 Å². The number of thioether (sulfide) groups is 1. The molecule has 1 N–H and O–H groups in total. The van der Waals surface area contributed by atoms with Crippen molar-refractivity contribution in [2.75, 3.05) is 5.75 Å². The Morgan fingerprint density at radius 1 is 1.20 bits per heavy atom. The van der Waals surface area contributed by atoms with Gasteiger partial charge in [0.25, 0.3) is 0 Å². The molecular weight excluding hydrogens is 297 g/mol. The zero-order chi connectivity index (χ0) is 14.4. The van der Waals surface area contributed by atoms with E-state index >= 15 is 0 Å². The predicted octanol–water partition coefficient (Wildman–Crippen LogP) is 3.89. The van der Waals surface area contributed by atoms with Gasteiger partial charge in [0.15, 0.2) is 0 Å². The number of carbonyl (C=O) groups is 1. The molecule has 2 aromatic rings. The minimum absolute atomic E-state index is 0.0692. The topological polar surface area (TPSA) is 29.1 Å². The van der Waals surface area contributed by atoms with E-state index in [1.165, 1.54) is 23.9 Å². The highest BCUT2D eigenvalue weighted by Gasteiger charge is 2.05. The summed E-state index contributed by atoms with van der Waals surface area (Å²) in [6.45, 7) is 0.504. The SMILES string of the molecule is O=C(CSc1ccc(F)c(Cl)c1)NCc1ccccc1. The summed E-state index contributed by atoms with van der Waals surface area (Å²) in [6, 6.07) is 14.1. The van der Waals surface area contributed by atoms with E-state index in [2.05, 4.69) is 5.32 Å². The lowest BCUT2D eigenvalue weighted by molar-refractivity contribution is -0.118. The number of benzene rings is 2. The maximum atomic E-state index is 13.0. The van der Waals surface area contributed by atoms with Crippen molar-refractivity contribution in [1.29, 1.82) is 0 Å². The molecule has 0 heterocycles. The summed E-state index contributed by atoms with van der Waals surface area (Å²) in [4.78, 5) is 12.5. The average molecular weight is 310 g/mol. The van der Waals surface area contributed by atoms with Gasteiger partial charge in [-0.2, -0.15) is 0 Å². The third-order valence-corrected chi connectivity index (χ3v) is 3.88. The summed E-state index contributed by atoms with van der Waals surface area (Å²) in [6.07, 6.45) is 0. The second-order valence-corrected chi connectivity index (χ2v) is 5.58. The zero-order valence-corrected chi connectivity index (χ0v) is 12.2. The summed E-state index contributed by atoms with van der Waals surface area (Å²) in [5, 5.41) is 2.90. The van der Waals surface area contributed by atoms with Crippen molar-refractivity contribution in [3.8, 4) is 0 Å². The Balaban J connectivity index is 1.79. The maximum absolute atomic E-state index is 13.0. The number of nitrogens with one attached hydrogen (secondary N) is 1. The summed E-state index contributed by atoms with van der Waals surface area (Å²) in [5.74, 6) is -0.252. The van der Waals surface area contributed by atoms with Crippen LogP contribution in [0.3, 0.4) is 0 Å². The molecule has 0 aliphatic heterocycles. The lowest BCUT2D eigenvalue weighted by Crippen LogP contribution is -2.24. The monoisotopic (exact) mass is 309 g/mol. The normalized spacial score (nSPS) is 10.3. The van der Waals surface area contributed by atoms with Crippen molar-refractivity contribution in [3.63, 3.8) is 0 Å². The van der Waals surface area contributed by atoms with Gasteiger partial charge in [-0.1, -0.05) is 41.9 Å². The summed E-state index contributed by atoms with van der Waals surface area (Å²) in [7, 11) is 0. The third kappa shape index (κ3) is 4.54. The number of halogens is 2. The Labute approximate surface area is 126 Å². The fraction of sp³-hybridized carbons (Fsp3) is 0.133. The number of amides is 1. The Hall–Kier alpha value is -1.52. The van der Waals surface area contributed by atoms with Crippen LogP contribution in [-0.2, 0) is 11.3 Å². The molecule has 0 bridgehead atoms. The molecule has 0 fully saturated rings. The highest BCUT2D eigenvalue weighted by Crippen LogP contribution is 2.23. The maximum Gasteiger partial charge on any atom is 0.230 e. The number of carbonyl (C=O) groups excluding carboxylic acids is 1. The zero-order valence-electron chi connectivity index (χ0n) is 10.6. The van der Waals surface area contributed by atoms with Gasteiger partial charge < -0.3 is 5.32 Å². The van der Waals surface area contributed by atoms with Crippen molar-refractivity contribution in [3.05, 3.63) is 64.9 Å². The van der Waals surface area contributed by atoms with Crippen LogP contribution >= 0.6 is 23.4 Å². The molecule has 0 spiro atoms. The summed E-state index contributed by atoms with van der Waals surface area (Å²) >= 11 is 7.00. The molecule has 2 nitrogen and oxygen atoms in total. The van der Waals surface area contributed by atoms with Gasteiger partial charge >= 0.3 is 0 Å². The van der Waals surface area contributed by atoms with Crippen molar-refractivity contribution >= 4 is 29.3 Å². The van der Waals surface area contributed by atoms with E-state index in [0.29, 0.717) is 6.54 Å². The molecule has 2 rings (SSSR count). The predicted molar refractivity (Wildman–Crippen MR) is 80.4 cm³/mol. The van der Waals surface area contributed by atoms with Gasteiger partial charge in [-0.3, -0.25) is 4.79 Å². The molecule has 0 atom stereocenters. The molecule has 0 aliphatic carbocycles. The summed E-state index contributed by atoms with van der Waals surface area (Å²) < 4.78 is 13.0. The van der Waals surface area contributed by atoms with Crippen LogP contribution < -0.4 is 5.32 Å². The fourth-order valence-electron chi connectivity index (χ4n) is 1.56. The molecule has 5 heteroatoms. The molecule has 0 aliphatic rings. The molecule has 20 heavy (non-hydrogen) atoms. The summed E-state index contributed by atoms with van der Waals surface area (Å²) in [5.41, 5.74) is 1.05. The molecule has 104 valence electrons. The minimum Gasteiger partial charge on any atom is -0.351 e. The van der Waals surface area contributed by atoms with Gasteiger partial charge in [0.1, 0.15) is 5.82 Å². The standard InChI is InChI=1S/C15H13ClFNOS/c16-13-8-12(6-7-14(13)17)20-10-15(19)18-9-11-4-2-1-3-5-11/h1-8H,9-10H2,(H,18,19). The Kier molecular flexibility index (Phi) is 5.44. The first-order valence-corrected chi connectivity index (χ1v) is 7.40. The second kappa shape index (κ2) is 7.31. The van der Waals surface area contributed by atoms with E-state index in [0.717, 1.165) is 10.5 Å². The van der Waals surface area contributed by atoms with E-state index < -0.39 is 5.82 Å². The molecule has 0 saturated heterocycles. The first-order chi connectivity index (χ1) is 9.65. The smallest absolute Gasteiger partial charge is 0.230 e. The van der Waals surface area contributed by atoms with Crippen molar-refractivity contribution in [2.45, 2.75) is 11.4 Å². The molecule has 0 aromatic heterocycles. The first kappa shape index (κ1) is 14.9. The van der Waals surface area contributed by atoms with Gasteiger partial charge in [0.05, 0.1) is 10.8 Å². The second-order valence-electron chi connectivity index (χ2n) is 4.13. The van der Waals surface area contributed by atoms with Gasteiger partial charge in [0.2, 0.25) is 5.91 Å². The van der Waals surface area contributed by atoms with E-state index in [1.807, 2.05) is 30.3 Å². The van der Waals surface area contributed by atoms with Crippen LogP contribution in [0.2, 0.25) is 5.02 Å².